The van der Waals surface area contributed by atoms with Gasteiger partial charge in [0.1, 0.15) is 11.3 Å². The second-order valence-corrected chi connectivity index (χ2v) is 5.33. The molecule has 2 N–H and O–H groups in total. The minimum Gasteiger partial charge on any atom is -0.459 e. The molecule has 2 aromatic heterocycles. The Balaban J connectivity index is 1.49. The van der Waals surface area contributed by atoms with Gasteiger partial charge in [0, 0.05) is 35.8 Å². The molecule has 1 aromatic carbocycles. The first-order chi connectivity index (χ1) is 11.2. The largest absolute Gasteiger partial charge is 0.459 e. The van der Waals surface area contributed by atoms with Gasteiger partial charge >= 0.3 is 6.03 Å². The standard InChI is InChI=1S/C18H19N3O2/c1-13-15-7-2-3-8-16(15)23-17(13)12-21-18(22)20-11-9-14-6-4-5-10-19-14/h2-8,10H,9,11-12H2,1H3,(H2,20,21,22). The van der Waals surface area contributed by atoms with E-state index < -0.39 is 0 Å². The third-order valence-electron chi connectivity index (χ3n) is 3.74. The molecule has 0 fully saturated rings. The molecule has 0 aliphatic carbocycles. The van der Waals surface area contributed by atoms with Crippen LogP contribution in [0.25, 0.3) is 11.0 Å². The summed E-state index contributed by atoms with van der Waals surface area (Å²) in [6.45, 7) is 2.92. The van der Waals surface area contributed by atoms with Crippen LogP contribution in [0.15, 0.2) is 53.1 Å². The lowest BCUT2D eigenvalue weighted by Crippen LogP contribution is -2.36. The Morgan fingerprint density at radius 2 is 1.96 bits per heavy atom. The molecule has 3 rings (SSSR count). The quantitative estimate of drug-likeness (QED) is 0.760. The molecular formula is C18H19N3O2. The van der Waals surface area contributed by atoms with Crippen molar-refractivity contribution in [2.45, 2.75) is 19.9 Å². The molecule has 2 amide bonds. The average Bonchev–Trinajstić information content (AvgIpc) is 2.90. The van der Waals surface area contributed by atoms with E-state index in [2.05, 4.69) is 15.6 Å². The number of carbonyl (C=O) groups is 1. The molecule has 2 heterocycles. The van der Waals surface area contributed by atoms with Crippen molar-refractivity contribution >= 4 is 17.0 Å². The summed E-state index contributed by atoms with van der Waals surface area (Å²) in [5.74, 6) is 0.783. The number of pyridine rings is 1. The Morgan fingerprint density at radius 1 is 1.13 bits per heavy atom. The van der Waals surface area contributed by atoms with E-state index in [1.54, 1.807) is 6.20 Å². The van der Waals surface area contributed by atoms with Gasteiger partial charge in [-0.2, -0.15) is 0 Å². The number of fused-ring (bicyclic) bond motifs is 1. The lowest BCUT2D eigenvalue weighted by molar-refractivity contribution is 0.239. The number of hydrogen-bond acceptors (Lipinski definition) is 3. The number of para-hydroxylation sites is 1. The molecule has 0 aliphatic rings. The Kier molecular flexibility index (Phi) is 4.57. The first kappa shape index (κ1) is 15.1. The highest BCUT2D eigenvalue weighted by molar-refractivity contribution is 5.82. The summed E-state index contributed by atoms with van der Waals surface area (Å²) in [6, 6.07) is 13.4. The first-order valence-electron chi connectivity index (χ1n) is 7.62. The second-order valence-electron chi connectivity index (χ2n) is 5.33. The summed E-state index contributed by atoms with van der Waals surface area (Å²) in [5, 5.41) is 6.73. The summed E-state index contributed by atoms with van der Waals surface area (Å²) in [6.07, 6.45) is 2.46. The number of aromatic nitrogens is 1. The summed E-state index contributed by atoms with van der Waals surface area (Å²) in [4.78, 5) is 16.1. The van der Waals surface area contributed by atoms with Crippen LogP contribution in [-0.4, -0.2) is 17.6 Å². The van der Waals surface area contributed by atoms with Crippen LogP contribution in [0.4, 0.5) is 4.79 Å². The van der Waals surface area contributed by atoms with Crippen LogP contribution < -0.4 is 10.6 Å². The smallest absolute Gasteiger partial charge is 0.315 e. The molecule has 5 heteroatoms. The molecule has 3 aromatic rings. The van der Waals surface area contributed by atoms with E-state index in [1.807, 2.05) is 49.4 Å². The summed E-state index contributed by atoms with van der Waals surface area (Å²) in [5.41, 5.74) is 2.87. The van der Waals surface area contributed by atoms with Gasteiger partial charge in [0.25, 0.3) is 0 Å². The van der Waals surface area contributed by atoms with E-state index in [-0.39, 0.29) is 6.03 Å². The van der Waals surface area contributed by atoms with E-state index >= 15 is 0 Å². The third-order valence-corrected chi connectivity index (χ3v) is 3.74. The lowest BCUT2D eigenvalue weighted by atomic mass is 10.1. The number of nitrogens with one attached hydrogen (secondary N) is 2. The first-order valence-corrected chi connectivity index (χ1v) is 7.62. The maximum Gasteiger partial charge on any atom is 0.315 e. The number of hydrogen-bond donors (Lipinski definition) is 2. The van der Waals surface area contributed by atoms with Crippen LogP contribution >= 0.6 is 0 Å². The normalized spacial score (nSPS) is 10.7. The average molecular weight is 309 g/mol. The van der Waals surface area contributed by atoms with E-state index in [4.69, 9.17) is 4.42 Å². The summed E-state index contributed by atoms with van der Waals surface area (Å²) < 4.78 is 5.77. The molecule has 0 unspecified atom stereocenters. The number of nitrogens with zero attached hydrogens (tertiary/aromatic N) is 1. The minimum atomic E-state index is -0.208. The highest BCUT2D eigenvalue weighted by Crippen LogP contribution is 2.24. The van der Waals surface area contributed by atoms with Crippen molar-refractivity contribution in [1.82, 2.24) is 15.6 Å². The molecule has 23 heavy (non-hydrogen) atoms. The SMILES string of the molecule is Cc1c(CNC(=O)NCCc2ccccn2)oc2ccccc12. The highest BCUT2D eigenvalue weighted by atomic mass is 16.3. The van der Waals surface area contributed by atoms with Crippen molar-refractivity contribution in [3.63, 3.8) is 0 Å². The van der Waals surface area contributed by atoms with Gasteiger partial charge < -0.3 is 15.1 Å². The Hall–Kier alpha value is -2.82. The number of aryl methyl sites for hydroxylation is 1. The maximum absolute atomic E-state index is 11.8. The zero-order valence-corrected chi connectivity index (χ0v) is 13.0. The molecular weight excluding hydrogens is 290 g/mol. The predicted molar refractivity (Wildman–Crippen MR) is 89.1 cm³/mol. The van der Waals surface area contributed by atoms with Crippen LogP contribution in [-0.2, 0) is 13.0 Å². The van der Waals surface area contributed by atoms with Gasteiger partial charge in [-0.3, -0.25) is 4.98 Å². The number of amides is 2. The van der Waals surface area contributed by atoms with Crippen molar-refractivity contribution in [3.05, 3.63) is 65.7 Å². The Morgan fingerprint density at radius 3 is 2.74 bits per heavy atom. The number of benzene rings is 1. The number of carbonyl (C=O) groups excluding carboxylic acids is 1. The summed E-state index contributed by atoms with van der Waals surface area (Å²) in [7, 11) is 0. The fourth-order valence-electron chi connectivity index (χ4n) is 2.47. The van der Waals surface area contributed by atoms with Crippen molar-refractivity contribution in [3.8, 4) is 0 Å². The van der Waals surface area contributed by atoms with Crippen LogP contribution in [0.1, 0.15) is 17.0 Å². The molecule has 0 saturated heterocycles. The van der Waals surface area contributed by atoms with Crippen LogP contribution in [0.3, 0.4) is 0 Å². The molecule has 118 valence electrons. The minimum absolute atomic E-state index is 0.208. The van der Waals surface area contributed by atoms with Crippen molar-refractivity contribution in [2.75, 3.05) is 6.54 Å². The molecule has 0 atom stereocenters. The number of urea groups is 1. The van der Waals surface area contributed by atoms with Gasteiger partial charge in [0.15, 0.2) is 0 Å². The summed E-state index contributed by atoms with van der Waals surface area (Å²) >= 11 is 0. The monoisotopic (exact) mass is 309 g/mol. The van der Waals surface area contributed by atoms with Gasteiger partial charge in [0.05, 0.1) is 6.54 Å². The predicted octanol–water partition coefficient (Wildman–Crippen LogP) is 3.18. The van der Waals surface area contributed by atoms with Crippen LogP contribution in [0.2, 0.25) is 0 Å². The van der Waals surface area contributed by atoms with Crippen LogP contribution in [0.5, 0.6) is 0 Å². The molecule has 0 spiro atoms. The molecule has 0 saturated carbocycles. The molecule has 0 aliphatic heterocycles. The van der Waals surface area contributed by atoms with Gasteiger partial charge in [-0.15, -0.1) is 0 Å². The fourth-order valence-corrected chi connectivity index (χ4v) is 2.47. The van der Waals surface area contributed by atoms with E-state index in [0.29, 0.717) is 19.5 Å². The number of furan rings is 1. The zero-order chi connectivity index (χ0) is 16.1. The van der Waals surface area contributed by atoms with Gasteiger partial charge in [-0.25, -0.2) is 4.79 Å². The molecule has 0 bridgehead atoms. The zero-order valence-electron chi connectivity index (χ0n) is 13.0. The molecule has 5 nitrogen and oxygen atoms in total. The third kappa shape index (κ3) is 3.69. The van der Waals surface area contributed by atoms with Gasteiger partial charge in [0.2, 0.25) is 0 Å². The van der Waals surface area contributed by atoms with Crippen molar-refractivity contribution in [1.29, 1.82) is 0 Å². The fraction of sp³-hybridized carbons (Fsp3) is 0.222. The molecule has 0 radical (unpaired) electrons. The van der Waals surface area contributed by atoms with E-state index in [1.165, 1.54) is 0 Å². The Labute approximate surface area is 134 Å². The second kappa shape index (κ2) is 6.96. The highest BCUT2D eigenvalue weighted by Gasteiger charge is 2.10. The van der Waals surface area contributed by atoms with Crippen LogP contribution in [0, 0.1) is 6.92 Å². The lowest BCUT2D eigenvalue weighted by Gasteiger charge is -2.06. The number of rotatable bonds is 5. The van der Waals surface area contributed by atoms with Crippen molar-refractivity contribution < 1.29 is 9.21 Å². The Bertz CT molecular complexity index is 796. The van der Waals surface area contributed by atoms with Gasteiger partial charge in [-0.1, -0.05) is 24.3 Å². The maximum atomic E-state index is 11.8. The van der Waals surface area contributed by atoms with E-state index in [0.717, 1.165) is 28.0 Å². The van der Waals surface area contributed by atoms with Crippen molar-refractivity contribution in [2.24, 2.45) is 0 Å². The van der Waals surface area contributed by atoms with E-state index in [9.17, 15) is 4.79 Å². The van der Waals surface area contributed by atoms with Gasteiger partial charge in [-0.05, 0) is 25.1 Å². The topological polar surface area (TPSA) is 67.2 Å².